The van der Waals surface area contributed by atoms with Gasteiger partial charge in [0.05, 0.1) is 18.5 Å². The maximum Gasteiger partial charge on any atom is 0.273 e. The van der Waals surface area contributed by atoms with E-state index in [9.17, 15) is 9.59 Å². The molecule has 1 aliphatic heterocycles. The number of benzene rings is 1. The molecule has 1 aromatic carbocycles. The number of hydrogen-bond acceptors (Lipinski definition) is 5. The van der Waals surface area contributed by atoms with Crippen LogP contribution in [-0.2, 0) is 17.9 Å². The van der Waals surface area contributed by atoms with Gasteiger partial charge in [0, 0.05) is 12.6 Å². The van der Waals surface area contributed by atoms with Crippen molar-refractivity contribution in [2.75, 3.05) is 7.11 Å². The number of ether oxygens (including phenoxy) is 1. The number of carbonyl (C=O) groups excluding carboxylic acids is 2. The lowest BCUT2D eigenvalue weighted by atomic mass is 9.93. The van der Waals surface area contributed by atoms with Crippen molar-refractivity contribution in [1.82, 2.24) is 20.0 Å². The van der Waals surface area contributed by atoms with Crippen molar-refractivity contribution >= 4 is 23.2 Å². The first kappa shape index (κ1) is 23.6. The fourth-order valence-corrected chi connectivity index (χ4v) is 5.83. The second-order valence-corrected chi connectivity index (χ2v) is 10.7. The summed E-state index contributed by atoms with van der Waals surface area (Å²) >= 11 is 1.59. The van der Waals surface area contributed by atoms with Gasteiger partial charge in [-0.1, -0.05) is 43.9 Å². The fraction of sp³-hybridized carbons (Fsp3) is 0.444. The van der Waals surface area contributed by atoms with Crippen LogP contribution < -0.4 is 10.1 Å². The lowest BCUT2D eigenvalue weighted by Crippen LogP contribution is -2.64. The van der Waals surface area contributed by atoms with Crippen LogP contribution in [0.2, 0.25) is 0 Å². The molecule has 1 saturated carbocycles. The third-order valence-electron chi connectivity index (χ3n) is 7.23. The summed E-state index contributed by atoms with van der Waals surface area (Å²) in [5.41, 5.74) is 1.12. The summed E-state index contributed by atoms with van der Waals surface area (Å²) in [6, 6.07) is 13.6. The van der Waals surface area contributed by atoms with Crippen molar-refractivity contribution in [3.8, 4) is 16.3 Å². The lowest BCUT2D eigenvalue weighted by molar-refractivity contribution is -0.134. The Morgan fingerprint density at radius 3 is 2.69 bits per heavy atom. The number of rotatable bonds is 6. The molecule has 2 aromatic heterocycles. The van der Waals surface area contributed by atoms with Crippen molar-refractivity contribution in [1.29, 1.82) is 0 Å². The summed E-state index contributed by atoms with van der Waals surface area (Å²) in [5.74, 6) is 0.425. The van der Waals surface area contributed by atoms with Crippen LogP contribution in [0.1, 0.15) is 61.5 Å². The highest BCUT2D eigenvalue weighted by atomic mass is 32.1. The molecular formula is C27H32N4O3S. The normalized spacial score (nSPS) is 20.9. The smallest absolute Gasteiger partial charge is 0.273 e. The van der Waals surface area contributed by atoms with Gasteiger partial charge in [0.1, 0.15) is 22.7 Å². The van der Waals surface area contributed by atoms with E-state index in [1.165, 1.54) is 12.8 Å². The SMILES string of the molecule is COc1cccc(CN2C(=O)c3cc(-c4cccs4)nn3C[C@]2(C)C(=O)NC2CCCCCC2)c1. The van der Waals surface area contributed by atoms with Gasteiger partial charge in [-0.2, -0.15) is 5.10 Å². The van der Waals surface area contributed by atoms with Crippen LogP contribution in [0.4, 0.5) is 0 Å². The first-order valence-corrected chi connectivity index (χ1v) is 13.2. The molecule has 184 valence electrons. The van der Waals surface area contributed by atoms with Gasteiger partial charge in [0.2, 0.25) is 5.91 Å². The number of carbonyl (C=O) groups is 2. The zero-order valence-corrected chi connectivity index (χ0v) is 21.1. The molecule has 5 rings (SSSR count). The van der Waals surface area contributed by atoms with E-state index in [1.54, 1.807) is 28.0 Å². The molecule has 0 bridgehead atoms. The molecule has 0 saturated heterocycles. The van der Waals surface area contributed by atoms with E-state index in [0.717, 1.165) is 47.6 Å². The van der Waals surface area contributed by atoms with Gasteiger partial charge < -0.3 is 15.0 Å². The number of nitrogens with one attached hydrogen (secondary N) is 1. The number of fused-ring (bicyclic) bond motifs is 1. The minimum atomic E-state index is -1.07. The molecular weight excluding hydrogens is 460 g/mol. The van der Waals surface area contributed by atoms with Crippen molar-refractivity contribution in [2.45, 2.75) is 70.1 Å². The third-order valence-corrected chi connectivity index (χ3v) is 8.12. The number of amides is 2. The summed E-state index contributed by atoms with van der Waals surface area (Å²) in [5, 5.41) is 10.0. The Kier molecular flexibility index (Phi) is 6.65. The second kappa shape index (κ2) is 9.85. The van der Waals surface area contributed by atoms with Gasteiger partial charge in [-0.15, -0.1) is 11.3 Å². The first-order chi connectivity index (χ1) is 17.0. The standard InChI is InChI=1S/C27H32N4O3S/c1-27(26(33)28-20-10-5-3-4-6-11-20)18-31-23(16-22(29-31)24-13-8-14-35-24)25(32)30(27)17-19-9-7-12-21(15-19)34-2/h7-9,12-16,20H,3-6,10-11,17-18H2,1-2H3,(H,28,33)/t27-/m1/s1. The Morgan fingerprint density at radius 1 is 1.17 bits per heavy atom. The van der Waals surface area contributed by atoms with Crippen LogP contribution in [0, 0.1) is 0 Å². The topological polar surface area (TPSA) is 76.5 Å². The lowest BCUT2D eigenvalue weighted by Gasteiger charge is -2.44. The minimum absolute atomic E-state index is 0.112. The number of methoxy groups -OCH3 is 1. The molecule has 3 heterocycles. The molecule has 0 radical (unpaired) electrons. The number of aromatic nitrogens is 2. The summed E-state index contributed by atoms with van der Waals surface area (Å²) in [6.45, 7) is 2.48. The van der Waals surface area contributed by atoms with Gasteiger partial charge in [-0.05, 0) is 55.0 Å². The average Bonchev–Trinajstić information content (AvgIpc) is 3.47. The highest BCUT2D eigenvalue weighted by Crippen LogP contribution is 2.33. The van der Waals surface area contributed by atoms with Gasteiger partial charge in [-0.25, -0.2) is 0 Å². The molecule has 7 nitrogen and oxygen atoms in total. The van der Waals surface area contributed by atoms with Crippen LogP contribution in [-0.4, -0.2) is 45.2 Å². The molecule has 1 fully saturated rings. The van der Waals surface area contributed by atoms with Crippen molar-refractivity contribution in [3.63, 3.8) is 0 Å². The Labute approximate surface area is 210 Å². The van der Waals surface area contributed by atoms with E-state index in [4.69, 9.17) is 9.84 Å². The first-order valence-electron chi connectivity index (χ1n) is 12.4. The van der Waals surface area contributed by atoms with E-state index in [2.05, 4.69) is 5.32 Å². The van der Waals surface area contributed by atoms with Gasteiger partial charge in [-0.3, -0.25) is 14.3 Å². The van der Waals surface area contributed by atoms with Crippen LogP contribution >= 0.6 is 11.3 Å². The summed E-state index contributed by atoms with van der Waals surface area (Å²) < 4.78 is 7.10. The number of thiophene rings is 1. The monoisotopic (exact) mass is 492 g/mol. The predicted molar refractivity (Wildman–Crippen MR) is 136 cm³/mol. The van der Waals surface area contributed by atoms with E-state index in [0.29, 0.717) is 18.8 Å². The van der Waals surface area contributed by atoms with Crippen LogP contribution in [0.25, 0.3) is 10.6 Å². The quantitative estimate of drug-likeness (QED) is 0.498. The van der Waals surface area contributed by atoms with Crippen LogP contribution in [0.5, 0.6) is 5.75 Å². The average molecular weight is 493 g/mol. The van der Waals surface area contributed by atoms with Crippen molar-refractivity contribution in [2.24, 2.45) is 0 Å². The van der Waals surface area contributed by atoms with Crippen LogP contribution in [0.3, 0.4) is 0 Å². The zero-order valence-electron chi connectivity index (χ0n) is 20.3. The summed E-state index contributed by atoms with van der Waals surface area (Å²) in [6.07, 6.45) is 6.66. The third kappa shape index (κ3) is 4.72. The Bertz CT molecular complexity index is 1200. The Balaban J connectivity index is 1.49. The van der Waals surface area contributed by atoms with E-state index < -0.39 is 5.54 Å². The molecule has 35 heavy (non-hydrogen) atoms. The van der Waals surface area contributed by atoms with E-state index in [1.807, 2.05) is 54.8 Å². The highest BCUT2D eigenvalue weighted by molar-refractivity contribution is 7.13. The second-order valence-electron chi connectivity index (χ2n) is 9.73. The van der Waals surface area contributed by atoms with Crippen molar-refractivity contribution < 1.29 is 14.3 Å². The predicted octanol–water partition coefficient (Wildman–Crippen LogP) is 4.87. The Morgan fingerprint density at radius 2 is 1.97 bits per heavy atom. The molecule has 8 heteroatoms. The van der Waals surface area contributed by atoms with Gasteiger partial charge in [0.25, 0.3) is 5.91 Å². The zero-order chi connectivity index (χ0) is 24.4. The minimum Gasteiger partial charge on any atom is -0.497 e. The number of nitrogens with zero attached hydrogens (tertiary/aromatic N) is 3. The Hall–Kier alpha value is -3.13. The molecule has 2 amide bonds. The highest BCUT2D eigenvalue weighted by Gasteiger charge is 2.48. The molecule has 0 unspecified atom stereocenters. The number of hydrogen-bond donors (Lipinski definition) is 1. The van der Waals surface area contributed by atoms with Crippen LogP contribution in [0.15, 0.2) is 47.8 Å². The van der Waals surface area contributed by atoms with Crippen molar-refractivity contribution in [3.05, 3.63) is 59.1 Å². The fourth-order valence-electron chi connectivity index (χ4n) is 5.15. The molecule has 3 aromatic rings. The molecule has 1 aliphatic carbocycles. The molecule has 2 aliphatic rings. The van der Waals surface area contributed by atoms with E-state index in [-0.39, 0.29) is 17.9 Å². The molecule has 0 spiro atoms. The van der Waals surface area contributed by atoms with E-state index >= 15 is 0 Å². The maximum atomic E-state index is 13.9. The molecule has 1 atom stereocenters. The largest absolute Gasteiger partial charge is 0.497 e. The summed E-state index contributed by atoms with van der Waals surface area (Å²) in [7, 11) is 1.63. The maximum absolute atomic E-state index is 13.9. The molecule has 1 N–H and O–H groups in total. The van der Waals surface area contributed by atoms with Gasteiger partial charge in [0.15, 0.2) is 0 Å². The summed E-state index contributed by atoms with van der Waals surface area (Å²) in [4.78, 5) is 30.4. The van der Waals surface area contributed by atoms with Gasteiger partial charge >= 0.3 is 0 Å².